The van der Waals surface area contributed by atoms with Crippen LogP contribution in [0.1, 0.15) is 41.9 Å². The van der Waals surface area contributed by atoms with E-state index in [-0.39, 0.29) is 17.4 Å². The van der Waals surface area contributed by atoms with Gasteiger partial charge in [-0.05, 0) is 38.3 Å². The second kappa shape index (κ2) is 8.36. The molecule has 0 aromatic carbocycles. The molecule has 1 saturated heterocycles. The maximum atomic E-state index is 13.0. The number of pyridine rings is 2. The molecule has 1 N–H and O–H groups in total. The summed E-state index contributed by atoms with van der Waals surface area (Å²) >= 11 is 0. The minimum atomic E-state index is -0.448. The van der Waals surface area contributed by atoms with Crippen LogP contribution in [0.4, 0.5) is 11.5 Å². The minimum Gasteiger partial charge on any atom is -0.461 e. The van der Waals surface area contributed by atoms with E-state index in [1.54, 1.807) is 35.3 Å². The van der Waals surface area contributed by atoms with Crippen molar-refractivity contribution in [3.05, 3.63) is 52.5 Å². The van der Waals surface area contributed by atoms with Crippen molar-refractivity contribution in [3.8, 4) is 0 Å². The van der Waals surface area contributed by atoms with Crippen LogP contribution in [-0.4, -0.2) is 49.3 Å². The third kappa shape index (κ3) is 3.76. The normalized spacial score (nSPS) is 14.8. The molecule has 1 fully saturated rings. The smallest absolute Gasteiger partial charge is 0.358 e. The maximum Gasteiger partial charge on any atom is 0.358 e. The Hall–Kier alpha value is -3.66. The zero-order valence-electron chi connectivity index (χ0n) is 18.9. The van der Waals surface area contributed by atoms with E-state index < -0.39 is 5.97 Å². The molecule has 33 heavy (non-hydrogen) atoms. The van der Waals surface area contributed by atoms with Gasteiger partial charge >= 0.3 is 11.7 Å². The van der Waals surface area contributed by atoms with Gasteiger partial charge in [0.05, 0.1) is 29.5 Å². The highest BCUT2D eigenvalue weighted by atomic mass is 16.5. The van der Waals surface area contributed by atoms with E-state index in [4.69, 9.17) is 9.47 Å². The van der Waals surface area contributed by atoms with Gasteiger partial charge in [0, 0.05) is 44.8 Å². The molecule has 4 aromatic heterocycles. The van der Waals surface area contributed by atoms with Crippen molar-refractivity contribution in [1.82, 2.24) is 23.5 Å². The van der Waals surface area contributed by atoms with E-state index in [2.05, 4.69) is 15.3 Å². The van der Waals surface area contributed by atoms with Gasteiger partial charge in [-0.15, -0.1) is 0 Å². The van der Waals surface area contributed by atoms with Crippen LogP contribution in [-0.2, 0) is 16.5 Å². The number of hydrogen-bond donors (Lipinski definition) is 1. The summed E-state index contributed by atoms with van der Waals surface area (Å²) in [6, 6.07) is 3.91. The first-order chi connectivity index (χ1) is 16.0. The average molecular weight is 450 g/mol. The average Bonchev–Trinajstić information content (AvgIpc) is 3.33. The van der Waals surface area contributed by atoms with Gasteiger partial charge in [0.25, 0.3) is 0 Å². The molecular formula is C23H26N6O4. The Morgan fingerprint density at radius 2 is 2.03 bits per heavy atom. The summed E-state index contributed by atoms with van der Waals surface area (Å²) in [5.41, 5.74) is 4.27. The molecule has 0 spiro atoms. The number of carbonyl (C=O) groups excluding carboxylic acids is 1. The Bertz CT molecular complexity index is 1410. The number of aromatic nitrogens is 5. The molecule has 0 aliphatic carbocycles. The number of imidazole rings is 2. The van der Waals surface area contributed by atoms with Crippen LogP contribution >= 0.6 is 0 Å². The molecule has 0 unspecified atom stereocenters. The number of rotatable bonds is 5. The van der Waals surface area contributed by atoms with Crippen LogP contribution < -0.4 is 11.0 Å². The largest absolute Gasteiger partial charge is 0.461 e. The third-order valence-corrected chi connectivity index (χ3v) is 6.08. The highest BCUT2D eigenvalue weighted by molar-refractivity contribution is 5.88. The van der Waals surface area contributed by atoms with Crippen molar-refractivity contribution >= 4 is 34.2 Å². The number of hydrogen-bond acceptors (Lipinski definition) is 7. The van der Waals surface area contributed by atoms with Gasteiger partial charge in [-0.2, -0.15) is 0 Å². The number of aryl methyl sites for hydroxylation is 2. The first-order valence-electron chi connectivity index (χ1n) is 11.0. The number of fused-ring (bicyclic) bond motifs is 2. The van der Waals surface area contributed by atoms with Gasteiger partial charge in [0.2, 0.25) is 0 Å². The Morgan fingerprint density at radius 1 is 1.24 bits per heavy atom. The summed E-state index contributed by atoms with van der Waals surface area (Å²) in [7, 11) is 1.77. The Labute approximate surface area is 189 Å². The highest BCUT2D eigenvalue weighted by Crippen LogP contribution is 2.27. The monoisotopic (exact) mass is 450 g/mol. The summed E-state index contributed by atoms with van der Waals surface area (Å²) in [5.74, 6) is 0.178. The SMILES string of the molecule is CCOC(=O)c1cn2cc(Nc3cc4c(cn3)n(C)c(=O)n4C3CCOCC3)c(C)cc2n1. The summed E-state index contributed by atoms with van der Waals surface area (Å²) in [4.78, 5) is 33.9. The molecule has 0 amide bonds. The van der Waals surface area contributed by atoms with Gasteiger partial charge in [0.1, 0.15) is 11.5 Å². The highest BCUT2D eigenvalue weighted by Gasteiger charge is 2.22. The van der Waals surface area contributed by atoms with E-state index in [0.717, 1.165) is 35.1 Å². The molecule has 1 aliphatic heterocycles. The van der Waals surface area contributed by atoms with E-state index in [9.17, 15) is 9.59 Å². The molecule has 4 aromatic rings. The second-order valence-corrected chi connectivity index (χ2v) is 8.22. The summed E-state index contributed by atoms with van der Waals surface area (Å²) in [6.45, 7) is 5.33. The van der Waals surface area contributed by atoms with Crippen molar-refractivity contribution in [2.24, 2.45) is 7.05 Å². The van der Waals surface area contributed by atoms with Crippen molar-refractivity contribution < 1.29 is 14.3 Å². The third-order valence-electron chi connectivity index (χ3n) is 6.08. The predicted molar refractivity (Wildman–Crippen MR) is 123 cm³/mol. The van der Waals surface area contributed by atoms with Gasteiger partial charge in [-0.3, -0.25) is 9.13 Å². The molecule has 5 heterocycles. The maximum absolute atomic E-state index is 13.0. The molecule has 0 saturated carbocycles. The molecular weight excluding hydrogens is 424 g/mol. The lowest BCUT2D eigenvalue weighted by molar-refractivity contribution is 0.0520. The van der Waals surface area contributed by atoms with Crippen molar-refractivity contribution in [3.63, 3.8) is 0 Å². The molecule has 0 atom stereocenters. The molecule has 0 radical (unpaired) electrons. The first kappa shape index (κ1) is 21.2. The van der Waals surface area contributed by atoms with Crippen LogP contribution in [0.15, 0.2) is 35.5 Å². The molecule has 5 rings (SSSR count). The van der Waals surface area contributed by atoms with Crippen LogP contribution in [0, 0.1) is 6.92 Å². The fourth-order valence-corrected chi connectivity index (χ4v) is 4.32. The molecule has 1 aliphatic rings. The topological polar surface area (TPSA) is 105 Å². The standard InChI is InChI=1S/C23H26N6O4/c1-4-33-22(30)17-13-28-12-16(14(2)9-21(28)26-17)25-20-10-18-19(11-24-20)27(3)23(31)29(18)15-5-7-32-8-6-15/h9-13,15H,4-8H2,1-3H3,(H,24,25). The van der Waals surface area contributed by atoms with Crippen LogP contribution in [0.5, 0.6) is 0 Å². The Kier molecular flexibility index (Phi) is 5.37. The van der Waals surface area contributed by atoms with Crippen molar-refractivity contribution in [2.45, 2.75) is 32.7 Å². The summed E-state index contributed by atoms with van der Waals surface area (Å²) in [5, 5.41) is 3.35. The minimum absolute atomic E-state index is 0.0432. The van der Waals surface area contributed by atoms with Crippen LogP contribution in [0.2, 0.25) is 0 Å². The Balaban J connectivity index is 1.51. The number of anilines is 2. The quantitative estimate of drug-likeness (QED) is 0.466. The van der Waals surface area contributed by atoms with Crippen LogP contribution in [0.25, 0.3) is 16.7 Å². The fourth-order valence-electron chi connectivity index (χ4n) is 4.32. The first-order valence-corrected chi connectivity index (χ1v) is 11.0. The lowest BCUT2D eigenvalue weighted by Gasteiger charge is -2.23. The molecule has 10 nitrogen and oxygen atoms in total. The van der Waals surface area contributed by atoms with Gasteiger partial charge in [-0.1, -0.05) is 0 Å². The summed E-state index contributed by atoms with van der Waals surface area (Å²) in [6.07, 6.45) is 6.85. The predicted octanol–water partition coefficient (Wildman–Crippen LogP) is 2.96. The number of esters is 1. The lowest BCUT2D eigenvalue weighted by atomic mass is 10.1. The van der Waals surface area contributed by atoms with Gasteiger partial charge in [-0.25, -0.2) is 19.6 Å². The van der Waals surface area contributed by atoms with E-state index in [1.165, 1.54) is 0 Å². The van der Waals surface area contributed by atoms with E-state index in [1.807, 2.05) is 29.8 Å². The van der Waals surface area contributed by atoms with Crippen molar-refractivity contribution in [2.75, 3.05) is 25.1 Å². The molecule has 172 valence electrons. The number of nitrogens with one attached hydrogen (secondary N) is 1. The van der Waals surface area contributed by atoms with E-state index in [0.29, 0.717) is 31.3 Å². The molecule has 10 heteroatoms. The Morgan fingerprint density at radius 3 is 2.79 bits per heavy atom. The number of nitrogens with zero attached hydrogens (tertiary/aromatic N) is 5. The van der Waals surface area contributed by atoms with Crippen molar-refractivity contribution in [1.29, 1.82) is 0 Å². The summed E-state index contributed by atoms with van der Waals surface area (Å²) < 4.78 is 15.8. The van der Waals surface area contributed by atoms with E-state index >= 15 is 0 Å². The fraction of sp³-hybridized carbons (Fsp3) is 0.391. The number of ether oxygens (including phenoxy) is 2. The van der Waals surface area contributed by atoms with Gasteiger partial charge < -0.3 is 19.2 Å². The number of carbonyl (C=O) groups is 1. The van der Waals surface area contributed by atoms with Crippen LogP contribution in [0.3, 0.4) is 0 Å². The van der Waals surface area contributed by atoms with Gasteiger partial charge in [0.15, 0.2) is 5.69 Å². The molecule has 0 bridgehead atoms. The zero-order chi connectivity index (χ0) is 23.1. The lowest BCUT2D eigenvalue weighted by Crippen LogP contribution is -2.29. The second-order valence-electron chi connectivity index (χ2n) is 8.22. The zero-order valence-corrected chi connectivity index (χ0v) is 18.9.